The molecule has 5 heterocycles. The number of imidazole rings is 1. The molecule has 2 atom stereocenters. The van der Waals surface area contributed by atoms with Crippen LogP contribution in [0, 0.1) is 23.7 Å². The van der Waals surface area contributed by atoms with Crippen LogP contribution in [0.4, 0.5) is 20.5 Å². The van der Waals surface area contributed by atoms with Gasteiger partial charge in [0.2, 0.25) is 5.95 Å². The first-order valence-electron chi connectivity index (χ1n) is 12.9. The van der Waals surface area contributed by atoms with Crippen molar-refractivity contribution in [1.82, 2.24) is 33.6 Å². The Bertz CT molecular complexity index is 1900. The smallest absolute Gasteiger partial charge is 0.333 e. The number of thiazole rings is 1. The molecule has 210 valence electrons. The summed E-state index contributed by atoms with van der Waals surface area (Å²) in [5.41, 5.74) is -1.14. The summed E-state index contributed by atoms with van der Waals surface area (Å²) in [5, 5.41) is 5.12. The Morgan fingerprint density at radius 3 is 2.54 bits per heavy atom. The number of rotatable bonds is 6. The highest BCUT2D eigenvalue weighted by Gasteiger charge is 2.72. The molecule has 2 unspecified atom stereocenters. The second kappa shape index (κ2) is 8.77. The van der Waals surface area contributed by atoms with E-state index in [2.05, 4.69) is 37.1 Å². The molecule has 1 N–H and O–H groups in total. The van der Waals surface area contributed by atoms with Crippen molar-refractivity contribution in [2.45, 2.75) is 37.8 Å². The fourth-order valence-electron chi connectivity index (χ4n) is 5.55. The van der Waals surface area contributed by atoms with Gasteiger partial charge in [0.1, 0.15) is 16.4 Å². The lowest BCUT2D eigenvalue weighted by molar-refractivity contribution is -0.120. The van der Waals surface area contributed by atoms with Gasteiger partial charge in [0.25, 0.3) is 17.4 Å². The molecule has 3 aliphatic rings. The van der Waals surface area contributed by atoms with Crippen molar-refractivity contribution >= 4 is 40.2 Å². The first kappa shape index (κ1) is 25.5. The minimum absolute atomic E-state index is 0.0658. The van der Waals surface area contributed by atoms with Crippen LogP contribution in [0.5, 0.6) is 0 Å². The summed E-state index contributed by atoms with van der Waals surface area (Å²) in [7, 11) is 1.52. The quantitative estimate of drug-likeness (QED) is 0.341. The maximum absolute atomic E-state index is 13.5. The second-order valence-electron chi connectivity index (χ2n) is 10.5. The van der Waals surface area contributed by atoms with Crippen molar-refractivity contribution in [1.29, 1.82) is 0 Å². The summed E-state index contributed by atoms with van der Waals surface area (Å²) in [6, 6.07) is 0. The molecular formula is C26H23F2N9O3S. The van der Waals surface area contributed by atoms with Crippen LogP contribution in [-0.2, 0) is 23.9 Å². The van der Waals surface area contributed by atoms with Crippen molar-refractivity contribution < 1.29 is 13.6 Å². The standard InChI is InChI=1S/C26H23F2N9O3S/c1-3-4-7-36-21(38)18-19(34(2)24(36)40)31-13-37(18)25(5-6-25)22(39)33-17-12-41-20(32-17)14-8-29-23(30-9-14)35-10-15-16(11-35)26(15,27)28/h8-9,12-13,15-16H,5-7,10-11H2,1-2H3,(H,33,39). The number of hydrogen-bond donors (Lipinski definition) is 1. The predicted octanol–water partition coefficient (Wildman–Crippen LogP) is 1.66. The Labute approximate surface area is 234 Å². The van der Waals surface area contributed by atoms with Gasteiger partial charge in [-0.15, -0.1) is 17.3 Å². The molecule has 15 heteroatoms. The number of amides is 1. The van der Waals surface area contributed by atoms with E-state index in [0.717, 1.165) is 4.57 Å². The van der Waals surface area contributed by atoms with Gasteiger partial charge < -0.3 is 14.8 Å². The van der Waals surface area contributed by atoms with Crippen molar-refractivity contribution in [2.75, 3.05) is 23.3 Å². The molecular weight excluding hydrogens is 556 g/mol. The Kier molecular flexibility index (Phi) is 5.46. The van der Waals surface area contributed by atoms with Crippen LogP contribution in [0.2, 0.25) is 0 Å². The van der Waals surface area contributed by atoms with E-state index in [9.17, 15) is 23.2 Å². The summed E-state index contributed by atoms with van der Waals surface area (Å²) in [5.74, 6) is 2.02. The van der Waals surface area contributed by atoms with Crippen LogP contribution in [0.25, 0.3) is 21.7 Å². The van der Waals surface area contributed by atoms with E-state index in [-0.39, 0.29) is 36.7 Å². The molecule has 7 rings (SSSR count). The molecule has 0 aromatic carbocycles. The molecule has 41 heavy (non-hydrogen) atoms. The number of hydrogen-bond acceptors (Lipinski definition) is 9. The van der Waals surface area contributed by atoms with Gasteiger partial charge in [0.05, 0.1) is 24.7 Å². The number of carbonyl (C=O) groups is 1. The maximum Gasteiger partial charge on any atom is 0.333 e. The molecule has 0 bridgehead atoms. The lowest BCUT2D eigenvalue weighted by Crippen LogP contribution is -2.41. The zero-order valence-electron chi connectivity index (χ0n) is 22.0. The number of nitrogens with zero attached hydrogens (tertiary/aromatic N) is 8. The molecule has 1 aliphatic heterocycles. The number of piperidine rings is 1. The normalized spacial score (nSPS) is 21.3. The summed E-state index contributed by atoms with van der Waals surface area (Å²) < 4.78 is 30.9. The third-order valence-electron chi connectivity index (χ3n) is 8.17. The summed E-state index contributed by atoms with van der Waals surface area (Å²) in [4.78, 5) is 58.7. The maximum atomic E-state index is 13.5. The molecule has 0 radical (unpaired) electrons. The SMILES string of the molecule is CC#CCn1c(=O)c2c(ncn2C2(C(=O)Nc3csc(-c4cnc(N5CC6C(C5)C6(F)F)nc4)n3)CC2)n(C)c1=O. The number of carbonyl (C=O) groups excluding carboxylic acids is 1. The third kappa shape index (κ3) is 3.80. The van der Waals surface area contributed by atoms with Crippen molar-refractivity contribution in [3.05, 3.63) is 44.9 Å². The van der Waals surface area contributed by atoms with Crippen LogP contribution in [0.15, 0.2) is 33.7 Å². The van der Waals surface area contributed by atoms with E-state index in [1.807, 2.05) is 0 Å². The lowest BCUT2D eigenvalue weighted by Gasteiger charge is -2.19. The summed E-state index contributed by atoms with van der Waals surface area (Å²) in [6.45, 7) is 2.05. The van der Waals surface area contributed by atoms with Gasteiger partial charge in [-0.3, -0.25) is 14.2 Å². The lowest BCUT2D eigenvalue weighted by atomic mass is 10.2. The highest BCUT2D eigenvalue weighted by molar-refractivity contribution is 7.13. The van der Waals surface area contributed by atoms with E-state index < -0.39 is 34.5 Å². The minimum atomic E-state index is -2.57. The molecule has 2 aliphatic carbocycles. The van der Waals surface area contributed by atoms with Gasteiger partial charge in [0.15, 0.2) is 11.2 Å². The molecule has 2 saturated carbocycles. The van der Waals surface area contributed by atoms with Crippen LogP contribution < -0.4 is 21.5 Å². The van der Waals surface area contributed by atoms with Crippen molar-refractivity contribution in [3.63, 3.8) is 0 Å². The minimum Gasteiger partial charge on any atom is -0.340 e. The van der Waals surface area contributed by atoms with E-state index in [0.29, 0.717) is 35.2 Å². The van der Waals surface area contributed by atoms with E-state index in [4.69, 9.17) is 0 Å². The molecule has 4 aromatic rings. The van der Waals surface area contributed by atoms with Crippen molar-refractivity contribution in [2.24, 2.45) is 18.9 Å². The Balaban J connectivity index is 1.10. The van der Waals surface area contributed by atoms with Crippen LogP contribution in [0.1, 0.15) is 19.8 Å². The zero-order chi connectivity index (χ0) is 28.7. The monoisotopic (exact) mass is 579 g/mol. The van der Waals surface area contributed by atoms with Gasteiger partial charge in [-0.1, -0.05) is 5.92 Å². The third-order valence-corrected chi connectivity index (χ3v) is 9.06. The Morgan fingerprint density at radius 2 is 1.88 bits per heavy atom. The average Bonchev–Trinajstić information content (AvgIpc) is 3.50. The molecule has 3 fully saturated rings. The number of nitrogens with one attached hydrogen (secondary N) is 1. The predicted molar refractivity (Wildman–Crippen MR) is 146 cm³/mol. The molecule has 1 saturated heterocycles. The largest absolute Gasteiger partial charge is 0.340 e. The van der Waals surface area contributed by atoms with Crippen LogP contribution in [0.3, 0.4) is 0 Å². The first-order chi connectivity index (χ1) is 19.7. The Hall–Kier alpha value is -4.45. The Morgan fingerprint density at radius 1 is 1.17 bits per heavy atom. The van der Waals surface area contributed by atoms with E-state index >= 15 is 0 Å². The topological polar surface area (TPSA) is 133 Å². The molecule has 4 aromatic heterocycles. The second-order valence-corrected chi connectivity index (χ2v) is 11.4. The van der Waals surface area contributed by atoms with Gasteiger partial charge in [-0.25, -0.2) is 38.1 Å². The molecule has 1 amide bonds. The first-order valence-corrected chi connectivity index (χ1v) is 13.8. The number of halogens is 2. The van der Waals surface area contributed by atoms with Gasteiger partial charge >= 0.3 is 5.69 Å². The van der Waals surface area contributed by atoms with Crippen LogP contribution >= 0.6 is 11.3 Å². The number of anilines is 2. The van der Waals surface area contributed by atoms with Crippen LogP contribution in [-0.4, -0.2) is 58.6 Å². The van der Waals surface area contributed by atoms with Gasteiger partial charge in [0, 0.05) is 43.5 Å². The number of aryl methyl sites for hydroxylation is 1. The van der Waals surface area contributed by atoms with Gasteiger partial charge in [-0.2, -0.15) is 0 Å². The number of fused-ring (bicyclic) bond motifs is 2. The number of alkyl halides is 2. The van der Waals surface area contributed by atoms with E-state index in [1.165, 1.54) is 29.3 Å². The molecule has 0 spiro atoms. The highest BCUT2D eigenvalue weighted by atomic mass is 32.1. The van der Waals surface area contributed by atoms with Gasteiger partial charge in [-0.05, 0) is 19.8 Å². The fourth-order valence-corrected chi connectivity index (χ4v) is 6.28. The zero-order valence-corrected chi connectivity index (χ0v) is 22.8. The van der Waals surface area contributed by atoms with Crippen molar-refractivity contribution in [3.8, 4) is 22.4 Å². The molecule has 12 nitrogen and oxygen atoms in total. The summed E-state index contributed by atoms with van der Waals surface area (Å²) >= 11 is 1.29. The number of aromatic nitrogens is 7. The van der Waals surface area contributed by atoms with E-state index in [1.54, 1.807) is 34.2 Å². The fraction of sp³-hybridized carbons (Fsp3) is 0.423. The summed E-state index contributed by atoms with van der Waals surface area (Å²) in [6.07, 6.45) is 5.57. The average molecular weight is 580 g/mol. The highest BCUT2D eigenvalue weighted by Crippen LogP contribution is 2.59.